The molecule has 0 spiro atoms. The molecule has 1 aromatic carbocycles. The Hall–Kier alpha value is -1.72. The standard InChI is InChI=1S/C13H16FN3O/c1-17-12(5-6-16-17)8-15-9-13(18)10-3-2-4-11(14)7-10/h2-7,13,15,18H,8-9H2,1H3. The summed E-state index contributed by atoms with van der Waals surface area (Å²) in [5, 5.41) is 17.1. The number of aryl methyl sites for hydroxylation is 1. The quantitative estimate of drug-likeness (QED) is 0.841. The fraction of sp³-hybridized carbons (Fsp3) is 0.308. The first-order valence-corrected chi connectivity index (χ1v) is 5.78. The maximum absolute atomic E-state index is 13.0. The summed E-state index contributed by atoms with van der Waals surface area (Å²) in [5.74, 6) is -0.335. The second-order valence-electron chi connectivity index (χ2n) is 4.15. The van der Waals surface area contributed by atoms with Gasteiger partial charge in [-0.1, -0.05) is 12.1 Å². The van der Waals surface area contributed by atoms with Crippen molar-refractivity contribution in [1.29, 1.82) is 0 Å². The average Bonchev–Trinajstić information content (AvgIpc) is 2.75. The Labute approximate surface area is 105 Å². The minimum Gasteiger partial charge on any atom is -0.387 e. The molecule has 2 rings (SSSR count). The number of halogens is 1. The minimum atomic E-state index is -0.714. The van der Waals surface area contributed by atoms with Crippen molar-refractivity contribution in [3.8, 4) is 0 Å². The topological polar surface area (TPSA) is 50.1 Å². The van der Waals surface area contributed by atoms with E-state index in [9.17, 15) is 9.50 Å². The van der Waals surface area contributed by atoms with E-state index < -0.39 is 6.10 Å². The van der Waals surface area contributed by atoms with Crippen molar-refractivity contribution >= 4 is 0 Å². The first kappa shape index (κ1) is 12.7. The fourth-order valence-corrected chi connectivity index (χ4v) is 1.74. The lowest BCUT2D eigenvalue weighted by Crippen LogP contribution is -2.22. The Bertz CT molecular complexity index is 512. The summed E-state index contributed by atoms with van der Waals surface area (Å²) in [4.78, 5) is 0. The lowest BCUT2D eigenvalue weighted by atomic mass is 10.1. The van der Waals surface area contributed by atoms with E-state index in [1.54, 1.807) is 23.0 Å². The van der Waals surface area contributed by atoms with Gasteiger partial charge in [0.15, 0.2) is 0 Å². The highest BCUT2D eigenvalue weighted by atomic mass is 19.1. The first-order valence-electron chi connectivity index (χ1n) is 5.78. The molecule has 0 saturated heterocycles. The predicted molar refractivity (Wildman–Crippen MR) is 66.3 cm³/mol. The zero-order valence-electron chi connectivity index (χ0n) is 10.2. The number of hydrogen-bond acceptors (Lipinski definition) is 3. The van der Waals surface area contributed by atoms with Gasteiger partial charge in [-0.15, -0.1) is 0 Å². The SMILES string of the molecule is Cn1nccc1CNCC(O)c1cccc(F)c1. The van der Waals surface area contributed by atoms with Gasteiger partial charge >= 0.3 is 0 Å². The molecule has 0 saturated carbocycles. The molecular weight excluding hydrogens is 233 g/mol. The third-order valence-electron chi connectivity index (χ3n) is 2.80. The lowest BCUT2D eigenvalue weighted by molar-refractivity contribution is 0.173. The van der Waals surface area contributed by atoms with Crippen LogP contribution in [0.25, 0.3) is 0 Å². The highest BCUT2D eigenvalue weighted by Gasteiger charge is 2.08. The molecule has 0 amide bonds. The van der Waals surface area contributed by atoms with Crippen LogP contribution in [0.15, 0.2) is 36.5 Å². The van der Waals surface area contributed by atoms with Crippen molar-refractivity contribution in [2.75, 3.05) is 6.54 Å². The van der Waals surface area contributed by atoms with Crippen molar-refractivity contribution in [2.24, 2.45) is 7.05 Å². The van der Waals surface area contributed by atoms with Gasteiger partial charge in [0.25, 0.3) is 0 Å². The zero-order chi connectivity index (χ0) is 13.0. The Morgan fingerprint density at radius 1 is 1.44 bits per heavy atom. The smallest absolute Gasteiger partial charge is 0.123 e. The third kappa shape index (κ3) is 3.15. The van der Waals surface area contributed by atoms with Crippen LogP contribution in [0.1, 0.15) is 17.4 Å². The number of hydrogen-bond donors (Lipinski definition) is 2. The van der Waals surface area contributed by atoms with Crippen LogP contribution in [-0.4, -0.2) is 21.4 Å². The van der Waals surface area contributed by atoms with E-state index in [-0.39, 0.29) is 5.82 Å². The van der Waals surface area contributed by atoms with Gasteiger partial charge in [0, 0.05) is 26.3 Å². The number of nitrogens with one attached hydrogen (secondary N) is 1. The van der Waals surface area contributed by atoms with E-state index in [2.05, 4.69) is 10.4 Å². The molecule has 18 heavy (non-hydrogen) atoms. The number of nitrogens with zero attached hydrogens (tertiary/aromatic N) is 2. The van der Waals surface area contributed by atoms with E-state index in [0.717, 1.165) is 5.69 Å². The highest BCUT2D eigenvalue weighted by Crippen LogP contribution is 2.13. The Morgan fingerprint density at radius 3 is 2.94 bits per heavy atom. The van der Waals surface area contributed by atoms with E-state index in [4.69, 9.17) is 0 Å². The summed E-state index contributed by atoms with van der Waals surface area (Å²) in [7, 11) is 1.86. The van der Waals surface area contributed by atoms with Crippen LogP contribution in [0.2, 0.25) is 0 Å². The number of rotatable bonds is 5. The Kier molecular flexibility index (Phi) is 4.07. The summed E-state index contributed by atoms with van der Waals surface area (Å²) in [6.45, 7) is 0.984. The summed E-state index contributed by atoms with van der Waals surface area (Å²) in [6, 6.07) is 7.91. The van der Waals surface area contributed by atoms with E-state index in [0.29, 0.717) is 18.7 Å². The number of aromatic nitrogens is 2. The van der Waals surface area contributed by atoms with Crippen molar-refractivity contribution in [3.05, 3.63) is 53.6 Å². The van der Waals surface area contributed by atoms with Crippen molar-refractivity contribution in [1.82, 2.24) is 15.1 Å². The van der Waals surface area contributed by atoms with Gasteiger partial charge in [-0.25, -0.2) is 4.39 Å². The molecule has 0 radical (unpaired) electrons. The second-order valence-corrected chi connectivity index (χ2v) is 4.15. The maximum Gasteiger partial charge on any atom is 0.123 e. The highest BCUT2D eigenvalue weighted by molar-refractivity contribution is 5.19. The van der Waals surface area contributed by atoms with Crippen molar-refractivity contribution in [3.63, 3.8) is 0 Å². The van der Waals surface area contributed by atoms with Gasteiger partial charge in [-0.2, -0.15) is 5.10 Å². The summed E-state index contributed by atoms with van der Waals surface area (Å²) in [6.07, 6.45) is 1.01. The molecule has 0 aliphatic rings. The number of aliphatic hydroxyl groups is 1. The van der Waals surface area contributed by atoms with Gasteiger partial charge in [-0.05, 0) is 23.8 Å². The number of benzene rings is 1. The van der Waals surface area contributed by atoms with Gasteiger partial charge in [-0.3, -0.25) is 4.68 Å². The molecule has 96 valence electrons. The van der Waals surface area contributed by atoms with Crippen LogP contribution in [0.5, 0.6) is 0 Å². The lowest BCUT2D eigenvalue weighted by Gasteiger charge is -2.12. The molecule has 2 N–H and O–H groups in total. The molecule has 1 unspecified atom stereocenters. The molecule has 1 aromatic heterocycles. The monoisotopic (exact) mass is 249 g/mol. The molecule has 2 aromatic rings. The van der Waals surface area contributed by atoms with Gasteiger partial charge < -0.3 is 10.4 Å². The molecule has 1 heterocycles. The molecule has 0 fully saturated rings. The molecule has 0 aliphatic heterocycles. The predicted octanol–water partition coefficient (Wildman–Crippen LogP) is 1.38. The largest absolute Gasteiger partial charge is 0.387 e. The molecular formula is C13H16FN3O. The molecule has 5 heteroatoms. The van der Waals surface area contributed by atoms with Crippen molar-refractivity contribution in [2.45, 2.75) is 12.6 Å². The van der Waals surface area contributed by atoms with Crippen LogP contribution >= 0.6 is 0 Å². The fourth-order valence-electron chi connectivity index (χ4n) is 1.74. The van der Waals surface area contributed by atoms with Crippen LogP contribution in [0.4, 0.5) is 4.39 Å². The van der Waals surface area contributed by atoms with Crippen molar-refractivity contribution < 1.29 is 9.50 Å². The van der Waals surface area contributed by atoms with Gasteiger partial charge in [0.2, 0.25) is 0 Å². The normalized spacial score (nSPS) is 12.6. The number of aliphatic hydroxyl groups excluding tert-OH is 1. The molecule has 1 atom stereocenters. The van der Waals surface area contributed by atoms with E-state index >= 15 is 0 Å². The summed E-state index contributed by atoms with van der Waals surface area (Å²) >= 11 is 0. The zero-order valence-corrected chi connectivity index (χ0v) is 10.2. The summed E-state index contributed by atoms with van der Waals surface area (Å²) < 4.78 is 14.7. The maximum atomic E-state index is 13.0. The van der Waals surface area contributed by atoms with Crippen LogP contribution in [0.3, 0.4) is 0 Å². The van der Waals surface area contributed by atoms with E-state index in [1.807, 2.05) is 13.1 Å². The molecule has 4 nitrogen and oxygen atoms in total. The Balaban J connectivity index is 1.85. The van der Waals surface area contributed by atoms with Gasteiger partial charge in [0.05, 0.1) is 11.8 Å². The second kappa shape index (κ2) is 5.75. The minimum absolute atomic E-state index is 0.335. The molecule has 0 aliphatic carbocycles. The first-order chi connectivity index (χ1) is 8.66. The Morgan fingerprint density at radius 2 is 2.28 bits per heavy atom. The van der Waals surface area contributed by atoms with Gasteiger partial charge in [0.1, 0.15) is 5.82 Å². The third-order valence-corrected chi connectivity index (χ3v) is 2.80. The van der Waals surface area contributed by atoms with E-state index in [1.165, 1.54) is 12.1 Å². The van der Waals surface area contributed by atoms with Crippen LogP contribution < -0.4 is 5.32 Å². The van der Waals surface area contributed by atoms with Crippen LogP contribution in [0, 0.1) is 5.82 Å². The average molecular weight is 249 g/mol. The van der Waals surface area contributed by atoms with Crippen LogP contribution in [-0.2, 0) is 13.6 Å². The summed E-state index contributed by atoms with van der Waals surface area (Å²) in [5.41, 5.74) is 1.61. The molecule has 0 bridgehead atoms.